The number of nitrogens with zero attached hydrogens (tertiary/aromatic N) is 3. The molecule has 0 atom stereocenters. The van der Waals surface area contributed by atoms with Gasteiger partial charge in [0.25, 0.3) is 0 Å². The number of benzene rings is 1. The molecule has 0 bridgehead atoms. The molecule has 23 heavy (non-hydrogen) atoms. The largest absolute Gasteiger partial charge is 0.489 e. The molecule has 0 radical (unpaired) electrons. The lowest BCUT2D eigenvalue weighted by atomic mass is 9.73. The third-order valence-corrected chi connectivity index (χ3v) is 5.07. The average molecular weight is 336 g/mol. The van der Waals surface area contributed by atoms with E-state index in [0.29, 0.717) is 23.9 Å². The van der Waals surface area contributed by atoms with Crippen LogP contribution in [0.15, 0.2) is 18.2 Å². The van der Waals surface area contributed by atoms with Gasteiger partial charge in [-0.25, -0.2) is 4.79 Å². The van der Waals surface area contributed by atoms with Crippen molar-refractivity contribution in [3.05, 3.63) is 23.2 Å². The van der Waals surface area contributed by atoms with Crippen LogP contribution in [0.2, 0.25) is 5.02 Å². The number of hydrogen-bond acceptors (Lipinski definition) is 3. The number of ether oxygens (including phenoxy) is 1. The first kappa shape index (κ1) is 14.6. The Labute approximate surface area is 139 Å². The van der Waals surface area contributed by atoms with Gasteiger partial charge in [0.15, 0.2) is 0 Å². The molecule has 0 N–H and O–H groups in total. The van der Waals surface area contributed by atoms with E-state index in [-0.39, 0.29) is 17.4 Å². The highest BCUT2D eigenvalue weighted by Gasteiger charge is 2.54. The molecule has 2 fully saturated rings. The van der Waals surface area contributed by atoms with Crippen LogP contribution >= 0.6 is 11.6 Å². The second-order valence-electron chi connectivity index (χ2n) is 6.63. The van der Waals surface area contributed by atoms with Gasteiger partial charge in [-0.2, -0.15) is 0 Å². The van der Waals surface area contributed by atoms with Crippen LogP contribution in [0.1, 0.15) is 6.92 Å². The van der Waals surface area contributed by atoms with Crippen molar-refractivity contribution in [3.63, 3.8) is 0 Å². The van der Waals surface area contributed by atoms with Gasteiger partial charge in [-0.15, -0.1) is 0 Å². The molecule has 0 aromatic heterocycles. The first-order valence-electron chi connectivity index (χ1n) is 7.72. The minimum absolute atomic E-state index is 0.00349. The number of anilines is 1. The molecular weight excluding hydrogens is 318 g/mol. The number of carbonyl (C=O) groups is 2. The van der Waals surface area contributed by atoms with Crippen LogP contribution < -0.4 is 9.64 Å². The van der Waals surface area contributed by atoms with Crippen molar-refractivity contribution >= 4 is 29.2 Å². The van der Waals surface area contributed by atoms with Crippen LogP contribution in [0.4, 0.5) is 10.5 Å². The van der Waals surface area contributed by atoms with Crippen molar-refractivity contribution in [1.82, 2.24) is 9.80 Å². The van der Waals surface area contributed by atoms with Crippen LogP contribution in [0.25, 0.3) is 0 Å². The van der Waals surface area contributed by atoms with Gasteiger partial charge in [0.2, 0.25) is 5.91 Å². The zero-order valence-electron chi connectivity index (χ0n) is 12.9. The van der Waals surface area contributed by atoms with Crippen molar-refractivity contribution < 1.29 is 14.3 Å². The molecule has 122 valence electrons. The highest BCUT2D eigenvalue weighted by Crippen LogP contribution is 2.41. The van der Waals surface area contributed by atoms with Crippen LogP contribution in [0, 0.1) is 5.41 Å². The number of halogens is 1. The Hall–Kier alpha value is -1.95. The van der Waals surface area contributed by atoms with Crippen LogP contribution in [0.3, 0.4) is 0 Å². The van der Waals surface area contributed by atoms with Crippen LogP contribution in [-0.4, -0.2) is 61.1 Å². The number of likely N-dealkylation sites (tertiary alicyclic amines) is 2. The summed E-state index contributed by atoms with van der Waals surface area (Å²) in [6, 6.07) is 5.34. The number of hydrogen-bond donors (Lipinski definition) is 0. The second-order valence-corrected chi connectivity index (χ2v) is 7.06. The van der Waals surface area contributed by atoms with Gasteiger partial charge in [-0.1, -0.05) is 11.6 Å². The fraction of sp³-hybridized carbons (Fsp3) is 0.500. The van der Waals surface area contributed by atoms with Crippen LogP contribution in [0.5, 0.6) is 5.75 Å². The smallest absolute Gasteiger partial charge is 0.324 e. The van der Waals surface area contributed by atoms with E-state index in [4.69, 9.17) is 16.3 Å². The summed E-state index contributed by atoms with van der Waals surface area (Å²) in [4.78, 5) is 29.5. The maximum absolute atomic E-state index is 12.8. The first-order chi connectivity index (χ1) is 11.0. The van der Waals surface area contributed by atoms with Crippen molar-refractivity contribution in [2.24, 2.45) is 5.41 Å². The van der Waals surface area contributed by atoms with Gasteiger partial charge < -0.3 is 14.5 Å². The molecule has 3 heterocycles. The molecule has 1 aromatic carbocycles. The Kier molecular flexibility index (Phi) is 3.20. The van der Waals surface area contributed by atoms with E-state index in [1.54, 1.807) is 24.0 Å². The zero-order chi connectivity index (χ0) is 16.2. The molecule has 1 aromatic rings. The molecule has 4 rings (SSSR count). The topological polar surface area (TPSA) is 53.1 Å². The van der Waals surface area contributed by atoms with Gasteiger partial charge in [0.1, 0.15) is 12.4 Å². The molecule has 0 saturated carbocycles. The normalized spacial score (nSPS) is 21.2. The van der Waals surface area contributed by atoms with Crippen molar-refractivity contribution in [2.75, 3.05) is 44.2 Å². The number of amides is 3. The summed E-state index contributed by atoms with van der Waals surface area (Å²) in [5.41, 5.74) is 0.891. The van der Waals surface area contributed by atoms with Crippen molar-refractivity contribution in [1.29, 1.82) is 0 Å². The fourth-order valence-electron chi connectivity index (χ4n) is 3.65. The van der Waals surface area contributed by atoms with Gasteiger partial charge in [-0.3, -0.25) is 9.69 Å². The molecule has 1 spiro atoms. The number of rotatable bonds is 0. The lowest BCUT2D eigenvalue weighted by Crippen LogP contribution is -2.74. The molecule has 0 unspecified atom stereocenters. The van der Waals surface area contributed by atoms with Crippen molar-refractivity contribution in [2.45, 2.75) is 6.92 Å². The Bertz CT molecular complexity index is 679. The summed E-state index contributed by atoms with van der Waals surface area (Å²) < 4.78 is 5.59. The first-order valence-corrected chi connectivity index (χ1v) is 8.10. The fourth-order valence-corrected chi connectivity index (χ4v) is 3.81. The van der Waals surface area contributed by atoms with Crippen LogP contribution in [-0.2, 0) is 4.79 Å². The Balaban J connectivity index is 1.43. The summed E-state index contributed by atoms with van der Waals surface area (Å²) in [6.07, 6.45) is 0. The molecule has 3 amide bonds. The Morgan fingerprint density at radius 2 is 1.87 bits per heavy atom. The Morgan fingerprint density at radius 1 is 1.17 bits per heavy atom. The molecular formula is C16H18ClN3O3. The van der Waals surface area contributed by atoms with Crippen molar-refractivity contribution in [3.8, 4) is 5.75 Å². The van der Waals surface area contributed by atoms with E-state index in [2.05, 4.69) is 0 Å². The lowest BCUT2D eigenvalue weighted by Gasteiger charge is -2.60. The van der Waals surface area contributed by atoms with E-state index >= 15 is 0 Å². The lowest BCUT2D eigenvalue weighted by molar-refractivity contribution is -0.151. The molecule has 3 aliphatic rings. The van der Waals surface area contributed by atoms with E-state index in [1.807, 2.05) is 15.9 Å². The third kappa shape index (κ3) is 2.32. The number of carbonyl (C=O) groups excluding carboxylic acids is 2. The average Bonchev–Trinajstić information content (AvgIpc) is 2.42. The maximum Gasteiger partial charge on any atom is 0.324 e. The molecule has 7 heteroatoms. The summed E-state index contributed by atoms with van der Waals surface area (Å²) in [7, 11) is 0. The number of fused-ring (bicyclic) bond motifs is 1. The predicted molar refractivity (Wildman–Crippen MR) is 85.9 cm³/mol. The highest BCUT2D eigenvalue weighted by atomic mass is 35.5. The van der Waals surface area contributed by atoms with E-state index in [0.717, 1.165) is 31.9 Å². The Morgan fingerprint density at radius 3 is 2.57 bits per heavy atom. The minimum atomic E-state index is 0.00349. The summed E-state index contributed by atoms with van der Waals surface area (Å²) in [6.45, 7) is 5.56. The molecule has 3 aliphatic heterocycles. The predicted octanol–water partition coefficient (Wildman–Crippen LogP) is 1.82. The maximum atomic E-state index is 12.8. The SMILES string of the molecule is CC(=O)N1CC2(C1)CN(C(=O)N1CCOc3cc(Cl)ccc31)C2. The second kappa shape index (κ2) is 5.03. The van der Waals surface area contributed by atoms with Gasteiger partial charge in [0, 0.05) is 49.6 Å². The summed E-state index contributed by atoms with van der Waals surface area (Å²) >= 11 is 5.98. The summed E-state index contributed by atoms with van der Waals surface area (Å²) in [5.74, 6) is 0.762. The van der Waals surface area contributed by atoms with E-state index in [1.165, 1.54) is 0 Å². The molecule has 0 aliphatic carbocycles. The van der Waals surface area contributed by atoms with Gasteiger partial charge >= 0.3 is 6.03 Å². The van der Waals surface area contributed by atoms with Gasteiger partial charge in [-0.05, 0) is 12.1 Å². The monoisotopic (exact) mass is 335 g/mol. The highest BCUT2D eigenvalue weighted by molar-refractivity contribution is 6.30. The molecule has 2 saturated heterocycles. The molecule has 6 nitrogen and oxygen atoms in total. The number of urea groups is 1. The quantitative estimate of drug-likeness (QED) is 0.726. The van der Waals surface area contributed by atoms with Gasteiger partial charge in [0.05, 0.1) is 12.2 Å². The minimum Gasteiger partial charge on any atom is -0.489 e. The third-order valence-electron chi connectivity index (χ3n) is 4.84. The van der Waals surface area contributed by atoms with E-state index in [9.17, 15) is 9.59 Å². The zero-order valence-corrected chi connectivity index (χ0v) is 13.7. The standard InChI is InChI=1S/C16H18ClN3O3/c1-11(21)18-7-16(8-18)9-19(10-16)15(22)20-4-5-23-14-6-12(17)2-3-13(14)20/h2-3,6H,4-5,7-10H2,1H3. The summed E-state index contributed by atoms with van der Waals surface area (Å²) in [5, 5.41) is 0.597. The van der Waals surface area contributed by atoms with E-state index < -0.39 is 0 Å².